The molecule has 0 radical (unpaired) electrons. The maximum absolute atomic E-state index is 12.2. The summed E-state index contributed by atoms with van der Waals surface area (Å²) in [6.07, 6.45) is 8.23. The first-order chi connectivity index (χ1) is 9.76. The number of rotatable bonds is 4. The van der Waals surface area contributed by atoms with Crippen LogP contribution >= 0.6 is 0 Å². The predicted octanol–water partition coefficient (Wildman–Crippen LogP) is 2.03. The third-order valence-corrected chi connectivity index (χ3v) is 5.56. The molecule has 114 valence electrons. The zero-order valence-corrected chi connectivity index (χ0v) is 12.8. The Morgan fingerprint density at radius 2 is 1.90 bits per heavy atom. The Balaban J connectivity index is 1.81. The van der Waals surface area contributed by atoms with Gasteiger partial charge in [0.25, 0.3) is 0 Å². The molecule has 3 aliphatic heterocycles. The average Bonchev–Trinajstić information content (AvgIpc) is 3.08. The summed E-state index contributed by atoms with van der Waals surface area (Å²) >= 11 is 0. The number of ether oxygens (including phenoxy) is 1. The summed E-state index contributed by atoms with van der Waals surface area (Å²) in [5.74, 6) is 0.00632. The first-order valence-electron chi connectivity index (χ1n) is 8.41. The highest BCUT2D eigenvalue weighted by Gasteiger charge is 2.53. The predicted molar refractivity (Wildman–Crippen MR) is 78.6 cm³/mol. The van der Waals surface area contributed by atoms with E-state index < -0.39 is 0 Å². The highest BCUT2D eigenvalue weighted by Crippen LogP contribution is 2.43. The zero-order valence-electron chi connectivity index (χ0n) is 12.8. The Hall–Kier alpha value is -0.610. The van der Waals surface area contributed by atoms with Crippen LogP contribution in [0.4, 0.5) is 0 Å². The average molecular weight is 280 g/mol. The molecule has 2 atom stereocenters. The highest BCUT2D eigenvalue weighted by atomic mass is 16.5. The van der Waals surface area contributed by atoms with Gasteiger partial charge in [-0.3, -0.25) is 14.6 Å². The summed E-state index contributed by atoms with van der Waals surface area (Å²) in [6.45, 7) is 7.14. The van der Waals surface area contributed by atoms with E-state index in [-0.39, 0.29) is 11.5 Å². The molecule has 0 bridgehead atoms. The molecular formula is C16H28N2O2. The van der Waals surface area contributed by atoms with E-state index in [9.17, 15) is 4.79 Å². The first kappa shape index (κ1) is 14.3. The Morgan fingerprint density at radius 3 is 2.65 bits per heavy atom. The van der Waals surface area contributed by atoms with Crippen LogP contribution in [-0.4, -0.2) is 60.1 Å². The second-order valence-corrected chi connectivity index (χ2v) is 6.58. The van der Waals surface area contributed by atoms with Crippen molar-refractivity contribution in [1.29, 1.82) is 0 Å². The number of hydrogen-bond acceptors (Lipinski definition) is 4. The molecule has 0 spiro atoms. The van der Waals surface area contributed by atoms with Crippen LogP contribution in [0.3, 0.4) is 0 Å². The number of carbonyl (C=O) groups is 1. The van der Waals surface area contributed by atoms with Crippen LogP contribution in [0.1, 0.15) is 51.9 Å². The minimum absolute atomic E-state index is 0.00632. The standard InChI is InChI=1S/C16H28N2O2/c1-2-20-15(19)13-16(18-10-5-6-11-18)8-12-17-9-4-3-7-14(16)17/h14H,2-13H2,1H3. The van der Waals surface area contributed by atoms with E-state index in [1.54, 1.807) is 0 Å². The fraction of sp³-hybridized carbons (Fsp3) is 0.938. The summed E-state index contributed by atoms with van der Waals surface area (Å²) in [4.78, 5) is 17.4. The topological polar surface area (TPSA) is 32.8 Å². The van der Waals surface area contributed by atoms with Crippen molar-refractivity contribution in [2.24, 2.45) is 0 Å². The Labute approximate surface area is 122 Å². The summed E-state index contributed by atoms with van der Waals surface area (Å²) in [6, 6.07) is 0.582. The maximum Gasteiger partial charge on any atom is 0.307 e. The number of nitrogens with zero attached hydrogens (tertiary/aromatic N) is 2. The third-order valence-electron chi connectivity index (χ3n) is 5.56. The quantitative estimate of drug-likeness (QED) is 0.738. The Kier molecular flexibility index (Phi) is 4.32. The third kappa shape index (κ3) is 2.48. The van der Waals surface area contributed by atoms with Gasteiger partial charge in [0.2, 0.25) is 0 Å². The van der Waals surface area contributed by atoms with Crippen LogP contribution in [-0.2, 0) is 9.53 Å². The van der Waals surface area contributed by atoms with Gasteiger partial charge in [0, 0.05) is 18.1 Å². The molecule has 0 aromatic heterocycles. The largest absolute Gasteiger partial charge is 0.466 e. The van der Waals surface area contributed by atoms with Crippen molar-refractivity contribution in [2.45, 2.75) is 63.5 Å². The van der Waals surface area contributed by atoms with Crippen molar-refractivity contribution in [2.75, 3.05) is 32.8 Å². The zero-order chi connectivity index (χ0) is 14.0. The number of hydrogen-bond donors (Lipinski definition) is 0. The number of esters is 1. The van der Waals surface area contributed by atoms with E-state index in [1.807, 2.05) is 6.92 Å². The Bertz CT molecular complexity index is 354. The van der Waals surface area contributed by atoms with Crippen molar-refractivity contribution in [3.05, 3.63) is 0 Å². The van der Waals surface area contributed by atoms with Gasteiger partial charge in [-0.2, -0.15) is 0 Å². The summed E-state index contributed by atoms with van der Waals surface area (Å²) in [5.41, 5.74) is 0.0726. The number of fused-ring (bicyclic) bond motifs is 1. The van der Waals surface area contributed by atoms with E-state index in [0.29, 0.717) is 19.1 Å². The van der Waals surface area contributed by atoms with Gasteiger partial charge in [-0.05, 0) is 58.7 Å². The maximum atomic E-state index is 12.2. The molecule has 0 N–H and O–H groups in total. The minimum atomic E-state index is 0.00632. The van der Waals surface area contributed by atoms with Crippen LogP contribution in [0.5, 0.6) is 0 Å². The van der Waals surface area contributed by atoms with E-state index in [2.05, 4.69) is 9.80 Å². The molecule has 0 saturated carbocycles. The van der Waals surface area contributed by atoms with Gasteiger partial charge in [-0.1, -0.05) is 6.42 Å². The normalized spacial score (nSPS) is 35.1. The van der Waals surface area contributed by atoms with E-state index in [0.717, 1.165) is 6.42 Å². The van der Waals surface area contributed by atoms with Gasteiger partial charge in [0.15, 0.2) is 0 Å². The number of carbonyl (C=O) groups excluding carboxylic acids is 1. The van der Waals surface area contributed by atoms with Crippen LogP contribution in [0.2, 0.25) is 0 Å². The van der Waals surface area contributed by atoms with Crippen LogP contribution in [0.25, 0.3) is 0 Å². The summed E-state index contributed by atoms with van der Waals surface area (Å²) in [5, 5.41) is 0. The van der Waals surface area contributed by atoms with Crippen LogP contribution in [0, 0.1) is 0 Å². The number of likely N-dealkylation sites (tertiary alicyclic amines) is 1. The first-order valence-corrected chi connectivity index (χ1v) is 8.41. The fourth-order valence-corrected chi connectivity index (χ4v) is 4.68. The molecular weight excluding hydrogens is 252 g/mol. The SMILES string of the molecule is CCOC(=O)CC1(N2CCCC2)CCN2CCCCC21. The molecule has 3 heterocycles. The van der Waals surface area contributed by atoms with Gasteiger partial charge in [0.05, 0.1) is 13.0 Å². The van der Waals surface area contributed by atoms with Crippen LogP contribution in [0.15, 0.2) is 0 Å². The molecule has 20 heavy (non-hydrogen) atoms. The van der Waals surface area contributed by atoms with Crippen molar-refractivity contribution in [3.63, 3.8) is 0 Å². The van der Waals surface area contributed by atoms with E-state index in [4.69, 9.17) is 4.74 Å². The fourth-order valence-electron chi connectivity index (χ4n) is 4.68. The summed E-state index contributed by atoms with van der Waals surface area (Å²) in [7, 11) is 0. The van der Waals surface area contributed by atoms with E-state index in [1.165, 1.54) is 58.3 Å². The van der Waals surface area contributed by atoms with Crippen molar-refractivity contribution >= 4 is 5.97 Å². The molecule has 4 heteroatoms. The lowest BCUT2D eigenvalue weighted by molar-refractivity contribution is -0.147. The van der Waals surface area contributed by atoms with Crippen LogP contribution < -0.4 is 0 Å². The molecule has 4 nitrogen and oxygen atoms in total. The van der Waals surface area contributed by atoms with Crippen molar-refractivity contribution in [1.82, 2.24) is 9.80 Å². The smallest absolute Gasteiger partial charge is 0.307 e. The number of piperidine rings is 1. The van der Waals surface area contributed by atoms with Crippen molar-refractivity contribution in [3.8, 4) is 0 Å². The molecule has 0 aliphatic carbocycles. The molecule has 0 aromatic carbocycles. The second kappa shape index (κ2) is 6.02. The Morgan fingerprint density at radius 1 is 1.15 bits per heavy atom. The molecule has 3 rings (SSSR count). The van der Waals surface area contributed by atoms with Gasteiger partial charge >= 0.3 is 5.97 Å². The minimum Gasteiger partial charge on any atom is -0.466 e. The lowest BCUT2D eigenvalue weighted by Crippen LogP contribution is -2.58. The van der Waals surface area contributed by atoms with E-state index >= 15 is 0 Å². The molecule has 3 saturated heterocycles. The molecule has 3 fully saturated rings. The van der Waals surface area contributed by atoms with Gasteiger partial charge < -0.3 is 4.74 Å². The van der Waals surface area contributed by atoms with Gasteiger partial charge in [-0.15, -0.1) is 0 Å². The lowest BCUT2D eigenvalue weighted by Gasteiger charge is -2.46. The molecule has 3 aliphatic rings. The molecule has 0 aromatic rings. The second-order valence-electron chi connectivity index (χ2n) is 6.58. The molecule has 2 unspecified atom stereocenters. The molecule has 0 amide bonds. The van der Waals surface area contributed by atoms with Crippen molar-refractivity contribution < 1.29 is 9.53 Å². The lowest BCUT2D eigenvalue weighted by atomic mass is 9.81. The monoisotopic (exact) mass is 280 g/mol. The van der Waals surface area contributed by atoms with Gasteiger partial charge in [0.1, 0.15) is 0 Å². The highest BCUT2D eigenvalue weighted by molar-refractivity contribution is 5.71. The van der Waals surface area contributed by atoms with Gasteiger partial charge in [-0.25, -0.2) is 0 Å². The summed E-state index contributed by atoms with van der Waals surface area (Å²) < 4.78 is 5.28.